The summed E-state index contributed by atoms with van der Waals surface area (Å²) in [6.45, 7) is 5.82. The van der Waals surface area contributed by atoms with Crippen LogP contribution in [-0.2, 0) is 0 Å². The van der Waals surface area contributed by atoms with E-state index in [0.717, 1.165) is 42.8 Å². The molecule has 1 aliphatic rings. The van der Waals surface area contributed by atoms with Crippen molar-refractivity contribution in [3.8, 4) is 0 Å². The summed E-state index contributed by atoms with van der Waals surface area (Å²) in [7, 11) is 0. The van der Waals surface area contributed by atoms with Crippen molar-refractivity contribution in [2.75, 3.05) is 36.4 Å². The van der Waals surface area contributed by atoms with Gasteiger partial charge in [0.15, 0.2) is 17.3 Å². The number of nitrogens with zero attached hydrogens (tertiary/aromatic N) is 4. The summed E-state index contributed by atoms with van der Waals surface area (Å²) in [6.07, 6.45) is 3.61. The molecule has 7 nitrogen and oxygen atoms in total. The van der Waals surface area contributed by atoms with Crippen molar-refractivity contribution in [2.45, 2.75) is 6.92 Å². The van der Waals surface area contributed by atoms with Crippen LogP contribution in [0.25, 0.3) is 16.6 Å². The number of nitrogens with one attached hydrogen (secondary N) is 3. The van der Waals surface area contributed by atoms with E-state index in [4.69, 9.17) is 0 Å². The van der Waals surface area contributed by atoms with Gasteiger partial charge in [-0.3, -0.25) is 5.10 Å². The Balaban J connectivity index is 1.46. The smallest absolute Gasteiger partial charge is 0.173 e. The Morgan fingerprint density at radius 3 is 2.85 bits per heavy atom. The Labute approximate surface area is 155 Å². The summed E-state index contributed by atoms with van der Waals surface area (Å²) >= 11 is 0. The fourth-order valence-corrected chi connectivity index (χ4v) is 3.61. The van der Waals surface area contributed by atoms with Crippen LogP contribution in [0.1, 0.15) is 5.69 Å². The van der Waals surface area contributed by atoms with Gasteiger partial charge in [0.1, 0.15) is 0 Å². The van der Waals surface area contributed by atoms with Crippen molar-refractivity contribution in [2.24, 2.45) is 0 Å². The Morgan fingerprint density at radius 2 is 2.00 bits per heavy atom. The van der Waals surface area contributed by atoms with E-state index in [9.17, 15) is 4.39 Å². The number of imidazole rings is 1. The second-order valence-corrected chi connectivity index (χ2v) is 6.85. The molecule has 3 N–H and O–H groups in total. The van der Waals surface area contributed by atoms with Gasteiger partial charge < -0.3 is 19.9 Å². The van der Waals surface area contributed by atoms with Crippen LogP contribution in [-0.4, -0.2) is 45.8 Å². The van der Waals surface area contributed by atoms with Crippen LogP contribution in [0, 0.1) is 12.7 Å². The van der Waals surface area contributed by atoms with Gasteiger partial charge in [-0.05, 0) is 25.1 Å². The van der Waals surface area contributed by atoms with E-state index in [-0.39, 0.29) is 5.82 Å². The molecule has 4 heterocycles. The third-order valence-electron chi connectivity index (χ3n) is 4.92. The van der Waals surface area contributed by atoms with Crippen molar-refractivity contribution in [1.82, 2.24) is 24.9 Å². The molecule has 1 fully saturated rings. The van der Waals surface area contributed by atoms with Crippen molar-refractivity contribution in [1.29, 1.82) is 0 Å². The second-order valence-electron chi connectivity index (χ2n) is 6.85. The molecule has 8 heteroatoms. The van der Waals surface area contributed by atoms with Gasteiger partial charge >= 0.3 is 0 Å². The average Bonchev–Trinajstić information content (AvgIpc) is 3.25. The van der Waals surface area contributed by atoms with Crippen LogP contribution in [0.5, 0.6) is 0 Å². The van der Waals surface area contributed by atoms with Crippen LogP contribution in [0.2, 0.25) is 0 Å². The van der Waals surface area contributed by atoms with Gasteiger partial charge in [0.05, 0.1) is 16.9 Å². The molecule has 0 unspecified atom stereocenters. The van der Waals surface area contributed by atoms with Gasteiger partial charge in [-0.2, -0.15) is 5.10 Å². The number of aryl methyl sites for hydroxylation is 1. The number of rotatable bonds is 3. The molecule has 3 aromatic heterocycles. The predicted octanol–water partition coefficient (Wildman–Crippen LogP) is 2.81. The molecule has 0 amide bonds. The number of H-pyrrole nitrogens is 1. The zero-order chi connectivity index (χ0) is 18.4. The molecular weight excluding hydrogens is 345 g/mol. The van der Waals surface area contributed by atoms with Gasteiger partial charge in [-0.1, -0.05) is 0 Å². The maximum atomic E-state index is 14.3. The van der Waals surface area contributed by atoms with E-state index >= 15 is 0 Å². The molecule has 0 saturated carbocycles. The molecule has 27 heavy (non-hydrogen) atoms. The highest BCUT2D eigenvalue weighted by atomic mass is 19.1. The summed E-state index contributed by atoms with van der Waals surface area (Å²) in [5, 5.41) is 15.0. The minimum Gasteiger partial charge on any atom is -0.369 e. The number of hydrogen-bond donors (Lipinski definition) is 3. The van der Waals surface area contributed by atoms with E-state index in [2.05, 4.69) is 48.9 Å². The Morgan fingerprint density at radius 1 is 1.15 bits per heavy atom. The third kappa shape index (κ3) is 2.87. The molecule has 1 saturated heterocycles. The van der Waals surface area contributed by atoms with Crippen molar-refractivity contribution in [3.05, 3.63) is 48.2 Å². The largest absolute Gasteiger partial charge is 0.369 e. The molecule has 0 spiro atoms. The molecule has 0 aliphatic carbocycles. The fraction of sp³-hybridized carbons (Fsp3) is 0.263. The Hall–Kier alpha value is -3.13. The van der Waals surface area contributed by atoms with E-state index in [1.165, 1.54) is 11.8 Å². The quantitative estimate of drug-likeness (QED) is 0.521. The van der Waals surface area contributed by atoms with Crippen molar-refractivity contribution < 1.29 is 4.39 Å². The van der Waals surface area contributed by atoms with Crippen molar-refractivity contribution in [3.63, 3.8) is 0 Å². The zero-order valence-electron chi connectivity index (χ0n) is 15.0. The Bertz CT molecular complexity index is 1120. The zero-order valence-corrected chi connectivity index (χ0v) is 15.0. The number of piperazine rings is 1. The highest BCUT2D eigenvalue weighted by Crippen LogP contribution is 2.28. The normalized spacial score (nSPS) is 15.0. The summed E-state index contributed by atoms with van der Waals surface area (Å²) in [5.41, 5.74) is 3.86. The first kappa shape index (κ1) is 16.1. The van der Waals surface area contributed by atoms with Crippen LogP contribution < -0.4 is 15.5 Å². The van der Waals surface area contributed by atoms with Crippen LogP contribution >= 0.6 is 0 Å². The summed E-state index contributed by atoms with van der Waals surface area (Å²) in [4.78, 5) is 6.54. The number of pyridine rings is 1. The summed E-state index contributed by atoms with van der Waals surface area (Å²) in [6, 6.07) is 7.71. The van der Waals surface area contributed by atoms with E-state index in [1.54, 1.807) is 10.6 Å². The maximum Gasteiger partial charge on any atom is 0.173 e. The molecule has 1 aliphatic heterocycles. The number of halogens is 1. The van der Waals surface area contributed by atoms with Crippen LogP contribution in [0.15, 0.2) is 36.7 Å². The molecule has 138 valence electrons. The van der Waals surface area contributed by atoms with E-state index in [1.807, 2.05) is 13.1 Å². The van der Waals surface area contributed by atoms with Gasteiger partial charge in [-0.25, -0.2) is 9.37 Å². The minimum atomic E-state index is -0.367. The lowest BCUT2D eigenvalue weighted by molar-refractivity contribution is 0.589. The van der Waals surface area contributed by atoms with E-state index < -0.39 is 0 Å². The molecule has 0 bridgehead atoms. The number of aromatic amines is 1. The summed E-state index contributed by atoms with van der Waals surface area (Å²) < 4.78 is 16.0. The topological polar surface area (TPSA) is 73.3 Å². The number of fused-ring (bicyclic) bond motifs is 2. The first-order chi connectivity index (χ1) is 13.2. The highest BCUT2D eigenvalue weighted by Gasteiger charge is 2.14. The van der Waals surface area contributed by atoms with Gasteiger partial charge in [-0.15, -0.1) is 0 Å². The highest BCUT2D eigenvalue weighted by molar-refractivity contribution is 5.93. The first-order valence-electron chi connectivity index (χ1n) is 9.03. The second kappa shape index (κ2) is 6.24. The fourth-order valence-electron chi connectivity index (χ4n) is 3.61. The minimum absolute atomic E-state index is 0.325. The molecule has 0 atom stereocenters. The van der Waals surface area contributed by atoms with Gasteiger partial charge in [0, 0.05) is 55.7 Å². The lowest BCUT2D eigenvalue weighted by atomic mass is 10.2. The SMILES string of the molecule is Cc1cn2cc(Nc3n[nH]c4cc(N5CCNCC5)ccc34)cc(F)c2n1. The standard InChI is InChI=1S/C19H20FN7/c1-12-10-27-11-13(8-16(20)19(27)22-12)23-18-15-3-2-14(9-17(15)24-25-18)26-6-4-21-5-7-26/h2-3,8-11,21H,4-7H2,1H3,(H2,23,24,25). The number of hydrogen-bond acceptors (Lipinski definition) is 5. The lowest BCUT2D eigenvalue weighted by Gasteiger charge is -2.29. The molecule has 4 aromatic rings. The van der Waals surface area contributed by atoms with Gasteiger partial charge in [0.25, 0.3) is 0 Å². The van der Waals surface area contributed by atoms with Crippen molar-refractivity contribution >= 4 is 33.7 Å². The first-order valence-corrected chi connectivity index (χ1v) is 9.03. The average molecular weight is 365 g/mol. The number of anilines is 3. The molecule has 5 rings (SSSR count). The molecule has 0 radical (unpaired) electrons. The van der Waals surface area contributed by atoms with E-state index in [0.29, 0.717) is 17.2 Å². The molecular formula is C19H20FN7. The van der Waals surface area contributed by atoms with Crippen LogP contribution in [0.4, 0.5) is 21.6 Å². The van der Waals surface area contributed by atoms with Crippen LogP contribution in [0.3, 0.4) is 0 Å². The summed E-state index contributed by atoms with van der Waals surface area (Å²) in [5.74, 6) is 0.307. The predicted molar refractivity (Wildman–Crippen MR) is 104 cm³/mol. The number of benzene rings is 1. The third-order valence-corrected chi connectivity index (χ3v) is 4.92. The Kier molecular flexibility index (Phi) is 3.71. The number of aromatic nitrogens is 4. The lowest BCUT2D eigenvalue weighted by Crippen LogP contribution is -2.43. The molecule has 1 aromatic carbocycles. The van der Waals surface area contributed by atoms with Gasteiger partial charge in [0.2, 0.25) is 0 Å². The monoisotopic (exact) mass is 365 g/mol. The maximum absolute atomic E-state index is 14.3.